The Bertz CT molecular complexity index is 989. The van der Waals surface area contributed by atoms with E-state index in [-0.39, 0.29) is 5.56 Å². The zero-order valence-electron chi connectivity index (χ0n) is 14.6. The number of piperidine rings is 1. The number of hydrogen-bond acceptors (Lipinski definition) is 5. The van der Waals surface area contributed by atoms with Gasteiger partial charge in [0.25, 0.3) is 5.56 Å². The lowest BCUT2D eigenvalue weighted by atomic mass is 10.0. The molecule has 3 aliphatic rings. The summed E-state index contributed by atoms with van der Waals surface area (Å²) in [4.78, 5) is 17.8. The summed E-state index contributed by atoms with van der Waals surface area (Å²) in [7, 11) is 0. The van der Waals surface area contributed by atoms with E-state index in [1.54, 1.807) is 12.1 Å². The molecule has 6 rings (SSSR count). The molecule has 0 aliphatic carbocycles. The molecule has 0 radical (unpaired) electrons. The third-order valence-corrected chi connectivity index (χ3v) is 5.65. The van der Waals surface area contributed by atoms with E-state index >= 15 is 0 Å². The highest BCUT2D eigenvalue weighted by molar-refractivity contribution is 5.76. The first-order chi connectivity index (χ1) is 12.8. The van der Waals surface area contributed by atoms with Crippen LogP contribution < -0.4 is 10.5 Å². The molecule has 0 saturated carbocycles. The molecule has 2 bridgehead atoms. The molecule has 3 aromatic rings. The largest absolute Gasteiger partial charge is 0.367 e. The van der Waals surface area contributed by atoms with E-state index in [4.69, 9.17) is 0 Å². The van der Waals surface area contributed by atoms with Crippen molar-refractivity contribution in [1.29, 1.82) is 0 Å². The van der Waals surface area contributed by atoms with Crippen LogP contribution in [0.1, 0.15) is 12.8 Å². The molecular weight excluding hydrogens is 326 g/mol. The third-order valence-electron chi connectivity index (χ3n) is 5.65. The maximum atomic E-state index is 12.7. The highest BCUT2D eigenvalue weighted by atomic mass is 16.1. The van der Waals surface area contributed by atoms with Crippen molar-refractivity contribution < 1.29 is 0 Å². The van der Waals surface area contributed by atoms with Crippen molar-refractivity contribution in [3.8, 4) is 5.69 Å². The summed E-state index contributed by atoms with van der Waals surface area (Å²) in [5.74, 6) is 0. The number of nitrogens with zero attached hydrogens (tertiary/aromatic N) is 5. The summed E-state index contributed by atoms with van der Waals surface area (Å²) in [6.07, 6.45) is 2.47. The van der Waals surface area contributed by atoms with Crippen LogP contribution in [-0.2, 0) is 0 Å². The minimum Gasteiger partial charge on any atom is -0.367 e. The molecule has 0 atom stereocenters. The minimum atomic E-state index is -0.135. The molecule has 26 heavy (non-hydrogen) atoms. The average Bonchev–Trinajstić information content (AvgIpc) is 3.03. The summed E-state index contributed by atoms with van der Waals surface area (Å²) in [5, 5.41) is 8.86. The van der Waals surface area contributed by atoms with Crippen LogP contribution in [0, 0.1) is 0 Å². The lowest BCUT2D eigenvalue weighted by molar-refractivity contribution is 0.250. The maximum absolute atomic E-state index is 12.7. The molecule has 1 aromatic heterocycles. The topological polar surface area (TPSA) is 54.3 Å². The van der Waals surface area contributed by atoms with Crippen molar-refractivity contribution in [3.63, 3.8) is 0 Å². The Kier molecular flexibility index (Phi) is 3.71. The highest BCUT2D eigenvalue weighted by Crippen LogP contribution is 2.27. The Balaban J connectivity index is 1.49. The zero-order chi connectivity index (χ0) is 17.5. The predicted molar refractivity (Wildman–Crippen MR) is 102 cm³/mol. The van der Waals surface area contributed by atoms with Crippen LogP contribution in [0.4, 0.5) is 5.69 Å². The van der Waals surface area contributed by atoms with E-state index in [1.165, 1.54) is 36.3 Å². The predicted octanol–water partition coefficient (Wildman–Crippen LogP) is 2.07. The SMILES string of the molecule is O=c1c2ccccc2nnn1-c1ccc(N2CCN3CCC2CC3)cc1. The molecule has 4 heterocycles. The van der Waals surface area contributed by atoms with Gasteiger partial charge >= 0.3 is 0 Å². The van der Waals surface area contributed by atoms with Crippen molar-refractivity contribution in [2.75, 3.05) is 31.1 Å². The highest BCUT2D eigenvalue weighted by Gasteiger charge is 2.29. The first kappa shape index (κ1) is 15.5. The van der Waals surface area contributed by atoms with Crippen LogP contribution in [0.15, 0.2) is 53.3 Å². The summed E-state index contributed by atoms with van der Waals surface area (Å²) in [5.41, 5.74) is 2.47. The molecule has 0 unspecified atom stereocenters. The monoisotopic (exact) mass is 347 g/mol. The summed E-state index contributed by atoms with van der Waals surface area (Å²) in [6.45, 7) is 4.62. The molecule has 0 amide bonds. The van der Waals surface area contributed by atoms with Gasteiger partial charge in [0.05, 0.1) is 11.1 Å². The number of aromatic nitrogens is 3. The van der Waals surface area contributed by atoms with Gasteiger partial charge in [-0.25, -0.2) is 0 Å². The molecule has 6 heteroatoms. The number of anilines is 1. The van der Waals surface area contributed by atoms with E-state index in [2.05, 4.69) is 32.2 Å². The first-order valence-electron chi connectivity index (χ1n) is 9.24. The molecular formula is C20H21N5O. The number of hydrogen-bond donors (Lipinski definition) is 0. The van der Waals surface area contributed by atoms with Crippen molar-refractivity contribution >= 4 is 16.6 Å². The second-order valence-corrected chi connectivity index (χ2v) is 7.11. The van der Waals surface area contributed by atoms with Crippen LogP contribution >= 0.6 is 0 Å². The van der Waals surface area contributed by atoms with E-state index in [1.807, 2.05) is 24.3 Å². The van der Waals surface area contributed by atoms with Gasteiger partial charge in [-0.2, -0.15) is 4.68 Å². The fourth-order valence-corrected chi connectivity index (χ4v) is 4.17. The fourth-order valence-electron chi connectivity index (χ4n) is 4.17. The van der Waals surface area contributed by atoms with Crippen molar-refractivity contribution in [3.05, 3.63) is 58.9 Å². The van der Waals surface area contributed by atoms with E-state index in [9.17, 15) is 4.79 Å². The van der Waals surface area contributed by atoms with Gasteiger partial charge in [-0.05, 0) is 49.2 Å². The number of fused-ring (bicyclic) bond motifs is 5. The van der Waals surface area contributed by atoms with Gasteiger partial charge < -0.3 is 9.80 Å². The second-order valence-electron chi connectivity index (χ2n) is 7.11. The Hall–Kier alpha value is -2.73. The zero-order valence-corrected chi connectivity index (χ0v) is 14.6. The number of benzene rings is 2. The lowest BCUT2D eigenvalue weighted by Gasteiger charge is -2.33. The van der Waals surface area contributed by atoms with Gasteiger partial charge in [0.1, 0.15) is 5.52 Å². The van der Waals surface area contributed by atoms with Gasteiger partial charge in [-0.1, -0.05) is 17.3 Å². The summed E-state index contributed by atoms with van der Waals surface area (Å²) >= 11 is 0. The Morgan fingerprint density at radius 1 is 0.846 bits per heavy atom. The molecule has 2 aromatic carbocycles. The summed E-state index contributed by atoms with van der Waals surface area (Å²) in [6, 6.07) is 16.1. The van der Waals surface area contributed by atoms with Gasteiger partial charge in [0.2, 0.25) is 0 Å². The lowest BCUT2D eigenvalue weighted by Crippen LogP contribution is -2.37. The minimum absolute atomic E-state index is 0.135. The second kappa shape index (κ2) is 6.21. The third kappa shape index (κ3) is 2.57. The normalized spacial score (nSPS) is 22.5. The molecule has 132 valence electrons. The molecule has 6 nitrogen and oxygen atoms in total. The molecule has 0 N–H and O–H groups in total. The van der Waals surface area contributed by atoms with E-state index in [0.717, 1.165) is 18.8 Å². The van der Waals surface area contributed by atoms with Crippen molar-refractivity contribution in [1.82, 2.24) is 19.9 Å². The van der Waals surface area contributed by atoms with Crippen LogP contribution in [0.25, 0.3) is 16.6 Å². The van der Waals surface area contributed by atoms with Gasteiger partial charge in [0.15, 0.2) is 0 Å². The average molecular weight is 347 g/mol. The molecule has 3 saturated heterocycles. The Labute approximate surface area is 151 Å². The van der Waals surface area contributed by atoms with Crippen LogP contribution in [0.5, 0.6) is 0 Å². The van der Waals surface area contributed by atoms with Crippen molar-refractivity contribution in [2.24, 2.45) is 0 Å². The van der Waals surface area contributed by atoms with E-state index in [0.29, 0.717) is 16.9 Å². The van der Waals surface area contributed by atoms with Crippen molar-refractivity contribution in [2.45, 2.75) is 18.9 Å². The van der Waals surface area contributed by atoms with E-state index < -0.39 is 0 Å². The Morgan fingerprint density at radius 2 is 1.58 bits per heavy atom. The fraction of sp³-hybridized carbons (Fsp3) is 0.350. The molecule has 0 spiro atoms. The standard InChI is InChI=1S/C20H21N5O/c26-20-18-3-1-2-4-19(18)21-22-25(20)17-7-5-15(6-8-17)24-14-13-23-11-9-16(24)10-12-23/h1-8,16H,9-14H2. The van der Waals surface area contributed by atoms with Crippen LogP contribution in [0.3, 0.4) is 0 Å². The molecule has 3 aliphatic heterocycles. The van der Waals surface area contributed by atoms with Crippen LogP contribution in [-0.4, -0.2) is 52.1 Å². The molecule has 3 fully saturated rings. The smallest absolute Gasteiger partial charge is 0.282 e. The maximum Gasteiger partial charge on any atom is 0.282 e. The quantitative estimate of drug-likeness (QED) is 0.710. The van der Waals surface area contributed by atoms with Gasteiger partial charge in [-0.3, -0.25) is 4.79 Å². The van der Waals surface area contributed by atoms with Crippen LogP contribution in [0.2, 0.25) is 0 Å². The number of rotatable bonds is 2. The van der Waals surface area contributed by atoms with Gasteiger partial charge in [0, 0.05) is 37.9 Å². The first-order valence-corrected chi connectivity index (χ1v) is 9.24. The summed E-state index contributed by atoms with van der Waals surface area (Å²) < 4.78 is 1.38. The van der Waals surface area contributed by atoms with Gasteiger partial charge in [-0.15, -0.1) is 5.10 Å². The Morgan fingerprint density at radius 3 is 2.38 bits per heavy atom.